The first-order valence-corrected chi connectivity index (χ1v) is 6.58. The van der Waals surface area contributed by atoms with E-state index in [-0.39, 0.29) is 11.2 Å². The van der Waals surface area contributed by atoms with E-state index in [0.717, 1.165) is 11.1 Å². The van der Waals surface area contributed by atoms with Crippen LogP contribution in [0.3, 0.4) is 0 Å². The SMILES string of the molecule is Cc1cccc(Cn2c(=O)c(I)cn(C)c2=O)c1. The molecule has 0 aliphatic rings. The molecule has 4 nitrogen and oxygen atoms in total. The molecule has 0 radical (unpaired) electrons. The fourth-order valence-electron chi connectivity index (χ4n) is 1.82. The third kappa shape index (κ3) is 2.55. The quantitative estimate of drug-likeness (QED) is 0.766. The summed E-state index contributed by atoms with van der Waals surface area (Å²) in [7, 11) is 1.65. The molecule has 2 rings (SSSR count). The third-order valence-corrected chi connectivity index (χ3v) is 3.45. The van der Waals surface area contributed by atoms with E-state index in [0.29, 0.717) is 10.1 Å². The molecule has 0 N–H and O–H groups in total. The Hall–Kier alpha value is -1.37. The van der Waals surface area contributed by atoms with Gasteiger partial charge in [0, 0.05) is 13.2 Å². The average Bonchev–Trinajstić information content (AvgIpc) is 2.32. The standard InChI is InChI=1S/C13H13IN2O2/c1-9-4-3-5-10(6-9)7-16-12(17)11(14)8-15(2)13(16)18/h3-6,8H,7H2,1-2H3. The highest BCUT2D eigenvalue weighted by Gasteiger charge is 2.08. The van der Waals surface area contributed by atoms with E-state index in [4.69, 9.17) is 0 Å². The predicted octanol–water partition coefficient (Wildman–Crippen LogP) is 1.51. The van der Waals surface area contributed by atoms with Crippen LogP contribution in [-0.4, -0.2) is 9.13 Å². The Morgan fingerprint density at radius 2 is 2.00 bits per heavy atom. The fourth-order valence-corrected chi connectivity index (χ4v) is 2.53. The van der Waals surface area contributed by atoms with Crippen molar-refractivity contribution in [3.8, 4) is 0 Å². The summed E-state index contributed by atoms with van der Waals surface area (Å²) in [6.07, 6.45) is 1.55. The summed E-state index contributed by atoms with van der Waals surface area (Å²) in [4.78, 5) is 23.9. The Morgan fingerprint density at radius 1 is 1.28 bits per heavy atom. The molecule has 0 saturated carbocycles. The minimum atomic E-state index is -0.290. The van der Waals surface area contributed by atoms with Crippen molar-refractivity contribution in [3.05, 3.63) is 66.0 Å². The number of rotatable bonds is 2. The second kappa shape index (κ2) is 5.09. The van der Waals surface area contributed by atoms with Crippen molar-refractivity contribution in [2.24, 2.45) is 7.05 Å². The van der Waals surface area contributed by atoms with Gasteiger partial charge in [-0.05, 0) is 35.1 Å². The zero-order valence-corrected chi connectivity index (χ0v) is 12.3. The Labute approximate surface area is 118 Å². The lowest BCUT2D eigenvalue weighted by atomic mass is 10.1. The molecule has 0 amide bonds. The highest BCUT2D eigenvalue weighted by Crippen LogP contribution is 2.04. The van der Waals surface area contributed by atoms with Gasteiger partial charge in [-0.2, -0.15) is 0 Å². The largest absolute Gasteiger partial charge is 0.331 e. The van der Waals surface area contributed by atoms with E-state index in [1.165, 1.54) is 9.13 Å². The molecule has 0 spiro atoms. The molecular formula is C13H13IN2O2. The summed E-state index contributed by atoms with van der Waals surface area (Å²) < 4.78 is 3.23. The Bertz CT molecular complexity index is 667. The number of aryl methyl sites for hydroxylation is 2. The van der Waals surface area contributed by atoms with E-state index in [9.17, 15) is 9.59 Å². The summed E-state index contributed by atoms with van der Waals surface area (Å²) in [5.41, 5.74) is 1.54. The predicted molar refractivity (Wildman–Crippen MR) is 78.9 cm³/mol. The van der Waals surface area contributed by atoms with E-state index in [1.807, 2.05) is 53.8 Å². The molecule has 18 heavy (non-hydrogen) atoms. The van der Waals surface area contributed by atoms with Crippen molar-refractivity contribution in [2.75, 3.05) is 0 Å². The van der Waals surface area contributed by atoms with Crippen molar-refractivity contribution in [1.29, 1.82) is 0 Å². The second-order valence-electron chi connectivity index (χ2n) is 4.25. The topological polar surface area (TPSA) is 44.0 Å². The number of aromatic nitrogens is 2. The van der Waals surface area contributed by atoms with Gasteiger partial charge in [0.05, 0.1) is 10.1 Å². The Kier molecular flexibility index (Phi) is 3.70. The van der Waals surface area contributed by atoms with Crippen LogP contribution in [0.5, 0.6) is 0 Å². The van der Waals surface area contributed by atoms with Gasteiger partial charge in [-0.15, -0.1) is 0 Å². The molecule has 2 aromatic rings. The fraction of sp³-hybridized carbons (Fsp3) is 0.231. The highest BCUT2D eigenvalue weighted by molar-refractivity contribution is 14.1. The van der Waals surface area contributed by atoms with Crippen LogP contribution in [0.2, 0.25) is 0 Å². The minimum Gasteiger partial charge on any atom is -0.302 e. The van der Waals surface area contributed by atoms with Crippen LogP contribution in [0.4, 0.5) is 0 Å². The summed E-state index contributed by atoms with van der Waals surface area (Å²) in [5.74, 6) is 0. The molecule has 1 aromatic heterocycles. The molecule has 5 heteroatoms. The average molecular weight is 356 g/mol. The van der Waals surface area contributed by atoms with Crippen molar-refractivity contribution < 1.29 is 0 Å². The Morgan fingerprint density at radius 3 is 2.67 bits per heavy atom. The Balaban J connectivity index is 2.53. The molecule has 0 saturated heterocycles. The van der Waals surface area contributed by atoms with Crippen molar-refractivity contribution in [2.45, 2.75) is 13.5 Å². The van der Waals surface area contributed by atoms with Crippen molar-refractivity contribution in [1.82, 2.24) is 9.13 Å². The van der Waals surface area contributed by atoms with Gasteiger partial charge >= 0.3 is 5.69 Å². The summed E-state index contributed by atoms with van der Waals surface area (Å²) >= 11 is 1.95. The zero-order valence-electron chi connectivity index (χ0n) is 10.2. The van der Waals surface area contributed by atoms with E-state index < -0.39 is 0 Å². The monoisotopic (exact) mass is 356 g/mol. The number of benzene rings is 1. The molecule has 0 bridgehead atoms. The number of hydrogen-bond acceptors (Lipinski definition) is 2. The van der Waals surface area contributed by atoms with Crippen LogP contribution in [0, 0.1) is 10.5 Å². The molecular weight excluding hydrogens is 343 g/mol. The van der Waals surface area contributed by atoms with Crippen LogP contribution >= 0.6 is 22.6 Å². The smallest absolute Gasteiger partial charge is 0.302 e. The van der Waals surface area contributed by atoms with Crippen LogP contribution in [0.15, 0.2) is 40.1 Å². The lowest BCUT2D eigenvalue weighted by Crippen LogP contribution is -2.40. The molecule has 94 valence electrons. The normalized spacial score (nSPS) is 10.6. The van der Waals surface area contributed by atoms with Crippen LogP contribution in [0.25, 0.3) is 0 Å². The van der Waals surface area contributed by atoms with Crippen molar-refractivity contribution >= 4 is 22.6 Å². The minimum absolute atomic E-state index is 0.236. The zero-order chi connectivity index (χ0) is 13.3. The van der Waals surface area contributed by atoms with Crippen LogP contribution < -0.4 is 11.2 Å². The van der Waals surface area contributed by atoms with Gasteiger partial charge in [0.2, 0.25) is 0 Å². The van der Waals surface area contributed by atoms with Gasteiger partial charge < -0.3 is 4.57 Å². The first-order chi connectivity index (χ1) is 8.49. The van der Waals surface area contributed by atoms with Gasteiger partial charge in [-0.25, -0.2) is 4.79 Å². The highest BCUT2D eigenvalue weighted by atomic mass is 127. The molecule has 0 aliphatic heterocycles. The van der Waals surface area contributed by atoms with Gasteiger partial charge in [0.15, 0.2) is 0 Å². The van der Waals surface area contributed by atoms with Gasteiger partial charge in [-0.3, -0.25) is 9.36 Å². The second-order valence-corrected chi connectivity index (χ2v) is 5.41. The maximum absolute atomic E-state index is 12.0. The third-order valence-electron chi connectivity index (χ3n) is 2.71. The molecule has 0 fully saturated rings. The molecule has 0 unspecified atom stereocenters. The summed E-state index contributed by atoms with van der Waals surface area (Å²) in [6.45, 7) is 2.29. The van der Waals surface area contributed by atoms with Gasteiger partial charge in [0.1, 0.15) is 0 Å². The van der Waals surface area contributed by atoms with Crippen molar-refractivity contribution in [3.63, 3.8) is 0 Å². The number of nitrogens with zero attached hydrogens (tertiary/aromatic N) is 2. The first kappa shape index (κ1) is 13.1. The molecule has 1 heterocycles. The number of halogens is 1. The van der Waals surface area contributed by atoms with Crippen LogP contribution in [0.1, 0.15) is 11.1 Å². The summed E-state index contributed by atoms with van der Waals surface area (Å²) in [5, 5.41) is 0. The van der Waals surface area contributed by atoms with Gasteiger partial charge in [-0.1, -0.05) is 29.8 Å². The lowest BCUT2D eigenvalue weighted by molar-refractivity contribution is 0.634. The van der Waals surface area contributed by atoms with E-state index >= 15 is 0 Å². The summed E-state index contributed by atoms with van der Waals surface area (Å²) in [6, 6.07) is 7.80. The maximum atomic E-state index is 12.0. The molecule has 0 atom stereocenters. The van der Waals surface area contributed by atoms with Crippen LogP contribution in [-0.2, 0) is 13.6 Å². The first-order valence-electron chi connectivity index (χ1n) is 5.50. The number of hydrogen-bond donors (Lipinski definition) is 0. The van der Waals surface area contributed by atoms with E-state index in [1.54, 1.807) is 13.2 Å². The maximum Gasteiger partial charge on any atom is 0.331 e. The van der Waals surface area contributed by atoms with Gasteiger partial charge in [0.25, 0.3) is 5.56 Å². The molecule has 1 aromatic carbocycles. The molecule has 0 aliphatic carbocycles. The van der Waals surface area contributed by atoms with E-state index in [2.05, 4.69) is 0 Å². The lowest BCUT2D eigenvalue weighted by Gasteiger charge is -2.08.